The lowest BCUT2D eigenvalue weighted by molar-refractivity contribution is -0.131. The number of carboxylic acids is 1. The first kappa shape index (κ1) is 21.8. The summed E-state index contributed by atoms with van der Waals surface area (Å²) in [6, 6.07) is 6.01. The van der Waals surface area contributed by atoms with Crippen LogP contribution in [0.2, 0.25) is 0 Å². The zero-order chi connectivity index (χ0) is 22.7. The molecule has 1 N–H and O–H groups in total. The molecular weight excluding hydrogens is 408 g/mol. The number of fused-ring (bicyclic) bond motifs is 1. The summed E-state index contributed by atoms with van der Waals surface area (Å²) in [5, 5.41) is 8.82. The quantitative estimate of drug-likeness (QED) is 0.551. The third-order valence-corrected chi connectivity index (χ3v) is 6.10. The highest BCUT2D eigenvalue weighted by Crippen LogP contribution is 2.35. The average molecular weight is 437 g/mol. The SMILES string of the molecule is C\C=C/C(=C\C=C\C(=O)O)N1CC2(CCN(Cc3c(C)nc4ccccn34)CC2)OC1=O. The van der Waals surface area contributed by atoms with Crippen LogP contribution in [0.15, 0.2) is 60.5 Å². The van der Waals surface area contributed by atoms with Crippen LogP contribution in [0.1, 0.15) is 31.2 Å². The van der Waals surface area contributed by atoms with Crippen molar-refractivity contribution in [2.24, 2.45) is 0 Å². The number of carbonyl (C=O) groups is 2. The minimum atomic E-state index is -1.03. The molecule has 0 unspecified atom stereocenters. The Labute approximate surface area is 187 Å². The Bertz CT molecular complexity index is 1110. The molecule has 0 atom stereocenters. The van der Waals surface area contributed by atoms with Gasteiger partial charge in [-0.25, -0.2) is 14.6 Å². The van der Waals surface area contributed by atoms with Crippen molar-refractivity contribution in [1.29, 1.82) is 0 Å². The van der Waals surface area contributed by atoms with Crippen LogP contribution in [0.25, 0.3) is 5.65 Å². The van der Waals surface area contributed by atoms with Gasteiger partial charge in [0.1, 0.15) is 11.2 Å². The Morgan fingerprint density at radius 3 is 2.78 bits per heavy atom. The molecule has 8 heteroatoms. The molecule has 2 fully saturated rings. The predicted molar refractivity (Wildman–Crippen MR) is 120 cm³/mol. The zero-order valence-corrected chi connectivity index (χ0v) is 18.4. The van der Waals surface area contributed by atoms with Crippen molar-refractivity contribution in [3.63, 3.8) is 0 Å². The Kier molecular flexibility index (Phi) is 6.14. The molecule has 0 saturated carbocycles. The maximum atomic E-state index is 12.7. The summed E-state index contributed by atoms with van der Waals surface area (Å²) in [6.45, 7) is 6.80. The molecule has 2 aliphatic rings. The minimum Gasteiger partial charge on any atom is -0.478 e. The molecule has 2 saturated heterocycles. The second-order valence-electron chi connectivity index (χ2n) is 8.27. The number of rotatable bonds is 6. The molecule has 0 bridgehead atoms. The highest BCUT2D eigenvalue weighted by molar-refractivity contribution is 5.80. The van der Waals surface area contributed by atoms with Gasteiger partial charge in [-0.2, -0.15) is 0 Å². The summed E-state index contributed by atoms with van der Waals surface area (Å²) in [7, 11) is 0. The van der Waals surface area contributed by atoms with Crippen LogP contribution in [-0.4, -0.2) is 61.6 Å². The van der Waals surface area contributed by atoms with E-state index in [9.17, 15) is 9.59 Å². The molecule has 0 aliphatic carbocycles. The third kappa shape index (κ3) is 4.45. The maximum Gasteiger partial charge on any atom is 0.415 e. The molecule has 8 nitrogen and oxygen atoms in total. The molecule has 1 amide bonds. The van der Waals surface area contributed by atoms with Gasteiger partial charge < -0.3 is 14.2 Å². The number of likely N-dealkylation sites (tertiary alicyclic amines) is 1. The molecule has 0 aromatic carbocycles. The molecule has 4 rings (SSSR count). The van der Waals surface area contributed by atoms with E-state index in [1.807, 2.05) is 44.3 Å². The van der Waals surface area contributed by atoms with Crippen molar-refractivity contribution in [2.45, 2.75) is 38.8 Å². The zero-order valence-electron chi connectivity index (χ0n) is 18.4. The number of pyridine rings is 1. The van der Waals surface area contributed by atoms with Crippen LogP contribution in [0.5, 0.6) is 0 Å². The van der Waals surface area contributed by atoms with Crippen LogP contribution in [-0.2, 0) is 16.1 Å². The van der Waals surface area contributed by atoms with Crippen LogP contribution >= 0.6 is 0 Å². The first-order valence-corrected chi connectivity index (χ1v) is 10.8. The van der Waals surface area contributed by atoms with E-state index >= 15 is 0 Å². The number of aromatic nitrogens is 2. The van der Waals surface area contributed by atoms with E-state index < -0.39 is 11.6 Å². The molecule has 2 aliphatic heterocycles. The average Bonchev–Trinajstić information content (AvgIpc) is 3.25. The van der Waals surface area contributed by atoms with Crippen LogP contribution in [0.4, 0.5) is 4.79 Å². The van der Waals surface area contributed by atoms with Crippen LogP contribution < -0.4 is 0 Å². The highest BCUT2D eigenvalue weighted by atomic mass is 16.6. The van der Waals surface area contributed by atoms with E-state index in [1.54, 1.807) is 17.1 Å². The fraction of sp³-hybridized carbons (Fsp3) is 0.375. The number of allylic oxidation sites excluding steroid dienone is 4. The number of nitrogens with zero attached hydrogens (tertiary/aromatic N) is 4. The van der Waals surface area contributed by atoms with Gasteiger partial charge in [0.05, 0.1) is 17.9 Å². The monoisotopic (exact) mass is 436 g/mol. The molecule has 4 heterocycles. The number of hydrogen-bond acceptors (Lipinski definition) is 5. The third-order valence-electron chi connectivity index (χ3n) is 6.10. The second kappa shape index (κ2) is 9.00. The summed E-state index contributed by atoms with van der Waals surface area (Å²) in [5.74, 6) is -1.03. The number of aliphatic carboxylic acids is 1. The standard InChI is InChI=1S/C24H28N4O4/c1-3-7-19(8-6-10-22(29)30)28-17-24(32-23(28)31)11-14-26(15-12-24)16-20-18(2)25-21-9-4-5-13-27(20)21/h3-10,13H,11-12,14-17H2,1-2H3,(H,29,30)/b7-3-,10-6+,19-8+. The van der Waals surface area contributed by atoms with Gasteiger partial charge in [0.15, 0.2) is 0 Å². The second-order valence-corrected chi connectivity index (χ2v) is 8.27. The summed E-state index contributed by atoms with van der Waals surface area (Å²) < 4.78 is 8.00. The van der Waals surface area contributed by atoms with Gasteiger partial charge in [-0.3, -0.25) is 9.80 Å². The Morgan fingerprint density at radius 2 is 2.06 bits per heavy atom. The summed E-state index contributed by atoms with van der Waals surface area (Å²) in [6.07, 6.45) is 10.9. The van der Waals surface area contributed by atoms with Gasteiger partial charge in [0.25, 0.3) is 0 Å². The number of piperidine rings is 1. The number of aryl methyl sites for hydroxylation is 1. The Hall–Kier alpha value is -3.39. The first-order valence-electron chi connectivity index (χ1n) is 10.8. The molecule has 2 aromatic heterocycles. The largest absolute Gasteiger partial charge is 0.478 e. The van der Waals surface area contributed by atoms with Crippen molar-refractivity contribution in [3.8, 4) is 0 Å². The number of amides is 1. The van der Waals surface area contributed by atoms with Gasteiger partial charge in [0.2, 0.25) is 0 Å². The van der Waals surface area contributed by atoms with Crippen molar-refractivity contribution < 1.29 is 19.4 Å². The van der Waals surface area contributed by atoms with Gasteiger partial charge in [-0.15, -0.1) is 0 Å². The van der Waals surface area contributed by atoms with Crippen molar-refractivity contribution >= 4 is 17.7 Å². The van der Waals surface area contributed by atoms with Gasteiger partial charge in [0, 0.05) is 50.4 Å². The Morgan fingerprint density at radius 1 is 1.28 bits per heavy atom. The van der Waals surface area contributed by atoms with Crippen molar-refractivity contribution in [2.75, 3.05) is 19.6 Å². The molecular formula is C24H28N4O4. The van der Waals surface area contributed by atoms with E-state index in [4.69, 9.17) is 9.84 Å². The van der Waals surface area contributed by atoms with E-state index in [1.165, 1.54) is 11.8 Å². The van der Waals surface area contributed by atoms with Gasteiger partial charge in [-0.1, -0.05) is 18.2 Å². The van der Waals surface area contributed by atoms with E-state index in [0.717, 1.165) is 49.9 Å². The molecule has 0 radical (unpaired) electrons. The topological polar surface area (TPSA) is 87.4 Å². The summed E-state index contributed by atoms with van der Waals surface area (Å²) in [4.78, 5) is 32.0. The number of carbonyl (C=O) groups excluding carboxylic acids is 1. The number of imidazole rings is 1. The lowest BCUT2D eigenvalue weighted by Crippen LogP contribution is -2.46. The Balaban J connectivity index is 1.43. The fourth-order valence-electron chi connectivity index (χ4n) is 4.40. The number of carboxylic acid groups (broad SMARTS) is 1. The van der Waals surface area contributed by atoms with E-state index in [-0.39, 0.29) is 6.09 Å². The fourth-order valence-corrected chi connectivity index (χ4v) is 4.40. The van der Waals surface area contributed by atoms with Gasteiger partial charge >= 0.3 is 12.1 Å². The normalized spacial score (nSPS) is 19.6. The minimum absolute atomic E-state index is 0.385. The number of ether oxygens (including phenoxy) is 1. The van der Waals surface area contributed by atoms with E-state index in [2.05, 4.69) is 14.3 Å². The smallest absolute Gasteiger partial charge is 0.415 e. The molecule has 1 spiro atoms. The predicted octanol–water partition coefficient (Wildman–Crippen LogP) is 3.53. The van der Waals surface area contributed by atoms with Crippen molar-refractivity contribution in [1.82, 2.24) is 19.2 Å². The van der Waals surface area contributed by atoms with Crippen molar-refractivity contribution in [3.05, 3.63) is 71.9 Å². The molecule has 168 valence electrons. The maximum absolute atomic E-state index is 12.7. The van der Waals surface area contributed by atoms with E-state index in [0.29, 0.717) is 12.2 Å². The lowest BCUT2D eigenvalue weighted by Gasteiger charge is -2.37. The molecule has 2 aromatic rings. The summed E-state index contributed by atoms with van der Waals surface area (Å²) in [5.41, 5.74) is 3.28. The van der Waals surface area contributed by atoms with Crippen LogP contribution in [0.3, 0.4) is 0 Å². The number of hydrogen-bond donors (Lipinski definition) is 1. The summed E-state index contributed by atoms with van der Waals surface area (Å²) >= 11 is 0. The molecule has 32 heavy (non-hydrogen) atoms. The first-order chi connectivity index (χ1) is 15.4. The van der Waals surface area contributed by atoms with Gasteiger partial charge in [-0.05, 0) is 38.1 Å². The van der Waals surface area contributed by atoms with Crippen LogP contribution in [0, 0.1) is 6.92 Å². The highest BCUT2D eigenvalue weighted by Gasteiger charge is 2.47. The lowest BCUT2D eigenvalue weighted by atomic mass is 9.91.